The standard InChI is InChI=1S/C15H18N2O3/c1-3-20-13-6-4-12(5-7-13)14-8-9-15(18)17(16-14)10-11-19-2/h4-9H,3,10-11H2,1-2H3. The fraction of sp³-hybridized carbons (Fsp3) is 0.333. The van der Waals surface area contributed by atoms with Gasteiger partial charge in [-0.2, -0.15) is 5.10 Å². The fourth-order valence-electron chi connectivity index (χ4n) is 1.83. The van der Waals surface area contributed by atoms with Gasteiger partial charge >= 0.3 is 0 Å². The van der Waals surface area contributed by atoms with E-state index in [4.69, 9.17) is 9.47 Å². The summed E-state index contributed by atoms with van der Waals surface area (Å²) in [7, 11) is 1.60. The molecule has 0 spiro atoms. The van der Waals surface area contributed by atoms with Crippen LogP contribution in [0, 0.1) is 0 Å². The number of ether oxygens (including phenoxy) is 2. The summed E-state index contributed by atoms with van der Waals surface area (Å²) in [5, 5.41) is 4.34. The second-order valence-electron chi connectivity index (χ2n) is 4.23. The highest BCUT2D eigenvalue weighted by molar-refractivity contribution is 5.59. The van der Waals surface area contributed by atoms with E-state index in [0.29, 0.717) is 19.8 Å². The van der Waals surface area contributed by atoms with Crippen molar-refractivity contribution >= 4 is 0 Å². The molecule has 0 atom stereocenters. The van der Waals surface area contributed by atoms with E-state index in [1.54, 1.807) is 13.2 Å². The summed E-state index contributed by atoms with van der Waals surface area (Å²) in [6, 6.07) is 10.9. The molecule has 1 aromatic carbocycles. The maximum atomic E-state index is 11.7. The number of nitrogens with zero attached hydrogens (tertiary/aromatic N) is 2. The maximum absolute atomic E-state index is 11.7. The Morgan fingerprint density at radius 1 is 1.15 bits per heavy atom. The van der Waals surface area contributed by atoms with E-state index in [2.05, 4.69) is 5.10 Å². The molecule has 5 heteroatoms. The van der Waals surface area contributed by atoms with Crippen LogP contribution in [0.15, 0.2) is 41.2 Å². The average Bonchev–Trinajstić information content (AvgIpc) is 2.48. The van der Waals surface area contributed by atoms with Crippen LogP contribution in [0.2, 0.25) is 0 Å². The molecule has 0 amide bonds. The van der Waals surface area contributed by atoms with Gasteiger partial charge in [-0.3, -0.25) is 4.79 Å². The first kappa shape index (κ1) is 14.3. The average molecular weight is 274 g/mol. The molecule has 0 saturated carbocycles. The van der Waals surface area contributed by atoms with Gasteiger partial charge in [0.1, 0.15) is 5.75 Å². The minimum atomic E-state index is -0.128. The van der Waals surface area contributed by atoms with Crippen molar-refractivity contribution in [1.82, 2.24) is 9.78 Å². The molecule has 0 N–H and O–H groups in total. The normalized spacial score (nSPS) is 10.5. The Balaban J connectivity index is 2.25. The smallest absolute Gasteiger partial charge is 0.266 e. The molecule has 0 saturated heterocycles. The van der Waals surface area contributed by atoms with Gasteiger partial charge in [-0.05, 0) is 37.3 Å². The fourth-order valence-corrected chi connectivity index (χ4v) is 1.83. The highest BCUT2D eigenvalue weighted by Gasteiger charge is 2.04. The van der Waals surface area contributed by atoms with E-state index in [-0.39, 0.29) is 5.56 Å². The SMILES string of the molecule is CCOc1ccc(-c2ccc(=O)n(CCOC)n2)cc1. The zero-order chi connectivity index (χ0) is 14.4. The number of methoxy groups -OCH3 is 1. The van der Waals surface area contributed by atoms with Crippen LogP contribution in [0.1, 0.15) is 6.92 Å². The molecule has 0 bridgehead atoms. The molecule has 0 unspecified atom stereocenters. The van der Waals surface area contributed by atoms with Gasteiger partial charge in [0.25, 0.3) is 5.56 Å². The molecule has 2 aromatic rings. The molecule has 106 valence electrons. The lowest BCUT2D eigenvalue weighted by Gasteiger charge is -2.07. The van der Waals surface area contributed by atoms with E-state index in [1.165, 1.54) is 10.7 Å². The van der Waals surface area contributed by atoms with Crippen LogP contribution in [-0.2, 0) is 11.3 Å². The predicted molar refractivity (Wildman–Crippen MR) is 77.0 cm³/mol. The third-order valence-electron chi connectivity index (χ3n) is 2.83. The number of aromatic nitrogens is 2. The molecule has 0 fully saturated rings. The summed E-state index contributed by atoms with van der Waals surface area (Å²) in [4.78, 5) is 11.7. The van der Waals surface area contributed by atoms with Gasteiger partial charge in [-0.25, -0.2) is 4.68 Å². The molecule has 0 aliphatic carbocycles. The predicted octanol–water partition coefficient (Wildman–Crippen LogP) is 1.96. The highest BCUT2D eigenvalue weighted by atomic mass is 16.5. The Hall–Kier alpha value is -2.14. The van der Waals surface area contributed by atoms with Gasteiger partial charge in [0.15, 0.2) is 0 Å². The summed E-state index contributed by atoms with van der Waals surface area (Å²) in [5.41, 5.74) is 1.57. The van der Waals surface area contributed by atoms with Crippen molar-refractivity contribution in [2.24, 2.45) is 0 Å². The summed E-state index contributed by atoms with van der Waals surface area (Å²) in [6.45, 7) is 3.49. The Bertz CT molecular complexity index is 605. The van der Waals surface area contributed by atoms with E-state index < -0.39 is 0 Å². The van der Waals surface area contributed by atoms with E-state index in [9.17, 15) is 4.79 Å². The molecule has 2 rings (SSSR count). The Labute approximate surface area is 117 Å². The highest BCUT2D eigenvalue weighted by Crippen LogP contribution is 2.19. The van der Waals surface area contributed by atoms with Crippen molar-refractivity contribution in [2.45, 2.75) is 13.5 Å². The first-order valence-electron chi connectivity index (χ1n) is 6.55. The van der Waals surface area contributed by atoms with Crippen molar-refractivity contribution in [3.63, 3.8) is 0 Å². The summed E-state index contributed by atoms with van der Waals surface area (Å²) < 4.78 is 11.8. The van der Waals surface area contributed by atoms with Crippen molar-refractivity contribution in [3.8, 4) is 17.0 Å². The van der Waals surface area contributed by atoms with Crippen molar-refractivity contribution in [2.75, 3.05) is 20.3 Å². The van der Waals surface area contributed by atoms with Crippen LogP contribution >= 0.6 is 0 Å². The largest absolute Gasteiger partial charge is 0.494 e. The lowest BCUT2D eigenvalue weighted by atomic mass is 10.1. The minimum absolute atomic E-state index is 0.128. The molecule has 5 nitrogen and oxygen atoms in total. The zero-order valence-electron chi connectivity index (χ0n) is 11.7. The second-order valence-corrected chi connectivity index (χ2v) is 4.23. The van der Waals surface area contributed by atoms with Crippen molar-refractivity contribution in [3.05, 3.63) is 46.8 Å². The second kappa shape index (κ2) is 6.86. The van der Waals surface area contributed by atoms with Gasteiger partial charge in [0.2, 0.25) is 0 Å². The van der Waals surface area contributed by atoms with Crippen molar-refractivity contribution < 1.29 is 9.47 Å². The van der Waals surface area contributed by atoms with Crippen LogP contribution in [0.25, 0.3) is 11.3 Å². The first-order chi connectivity index (χ1) is 9.74. The molecule has 1 aromatic heterocycles. The van der Waals surface area contributed by atoms with E-state index >= 15 is 0 Å². The van der Waals surface area contributed by atoms with E-state index in [1.807, 2.05) is 31.2 Å². The van der Waals surface area contributed by atoms with Gasteiger partial charge in [-0.1, -0.05) is 0 Å². The lowest BCUT2D eigenvalue weighted by molar-refractivity contribution is 0.182. The Morgan fingerprint density at radius 2 is 1.90 bits per heavy atom. The molecule has 0 aliphatic heterocycles. The Kier molecular flexibility index (Phi) is 4.90. The molecule has 1 heterocycles. The topological polar surface area (TPSA) is 53.4 Å². The summed E-state index contributed by atoms with van der Waals surface area (Å²) in [6.07, 6.45) is 0. The van der Waals surface area contributed by atoms with Crippen LogP contribution in [0.4, 0.5) is 0 Å². The molecular weight excluding hydrogens is 256 g/mol. The Morgan fingerprint density at radius 3 is 2.55 bits per heavy atom. The first-order valence-corrected chi connectivity index (χ1v) is 6.55. The monoisotopic (exact) mass is 274 g/mol. The number of rotatable bonds is 6. The molecular formula is C15H18N2O3. The summed E-state index contributed by atoms with van der Waals surface area (Å²) >= 11 is 0. The molecule has 0 radical (unpaired) electrons. The van der Waals surface area contributed by atoms with Gasteiger partial charge < -0.3 is 9.47 Å². The maximum Gasteiger partial charge on any atom is 0.266 e. The lowest BCUT2D eigenvalue weighted by Crippen LogP contribution is -2.24. The van der Waals surface area contributed by atoms with Gasteiger partial charge in [0.05, 0.1) is 25.5 Å². The van der Waals surface area contributed by atoms with Crippen LogP contribution in [0.5, 0.6) is 5.75 Å². The third kappa shape index (κ3) is 3.45. The van der Waals surface area contributed by atoms with E-state index in [0.717, 1.165) is 17.0 Å². The quantitative estimate of drug-likeness (QED) is 0.808. The zero-order valence-corrected chi connectivity index (χ0v) is 11.7. The van der Waals surface area contributed by atoms with Crippen LogP contribution < -0.4 is 10.3 Å². The van der Waals surface area contributed by atoms with Gasteiger partial charge in [-0.15, -0.1) is 0 Å². The minimum Gasteiger partial charge on any atom is -0.494 e. The van der Waals surface area contributed by atoms with Crippen LogP contribution in [-0.4, -0.2) is 30.1 Å². The number of hydrogen-bond donors (Lipinski definition) is 0. The van der Waals surface area contributed by atoms with Crippen molar-refractivity contribution in [1.29, 1.82) is 0 Å². The number of benzene rings is 1. The third-order valence-corrected chi connectivity index (χ3v) is 2.83. The van der Waals surface area contributed by atoms with Gasteiger partial charge in [0, 0.05) is 18.7 Å². The molecule has 0 aliphatic rings. The summed E-state index contributed by atoms with van der Waals surface area (Å²) in [5.74, 6) is 0.823. The van der Waals surface area contributed by atoms with Crippen LogP contribution in [0.3, 0.4) is 0 Å². The molecule has 20 heavy (non-hydrogen) atoms. The number of hydrogen-bond acceptors (Lipinski definition) is 4.